The zero-order chi connectivity index (χ0) is 11.4. The number of hydrogen-bond donors (Lipinski definition) is 0. The summed E-state index contributed by atoms with van der Waals surface area (Å²) in [6, 6.07) is 10.3. The van der Waals surface area contributed by atoms with Crippen LogP contribution >= 0.6 is 11.6 Å². The average Bonchev–Trinajstić information content (AvgIpc) is 2.39. The molecule has 1 unspecified atom stereocenters. The third-order valence-electron chi connectivity index (χ3n) is 3.13. The first-order valence-corrected chi connectivity index (χ1v) is 6.23. The summed E-state index contributed by atoms with van der Waals surface area (Å²) in [5.74, 6) is 0.446. The highest BCUT2D eigenvalue weighted by atomic mass is 35.5. The van der Waals surface area contributed by atoms with Crippen molar-refractivity contribution in [2.75, 3.05) is 23.9 Å². The second-order valence-corrected chi connectivity index (χ2v) is 4.49. The lowest BCUT2D eigenvalue weighted by molar-refractivity contribution is -0.120. The first-order valence-electron chi connectivity index (χ1n) is 5.70. The Labute approximate surface area is 101 Å². The van der Waals surface area contributed by atoms with Gasteiger partial charge in [0.2, 0.25) is 0 Å². The first kappa shape index (κ1) is 11.5. The summed E-state index contributed by atoms with van der Waals surface area (Å²) < 4.78 is 0. The average molecular weight is 238 g/mol. The molecule has 1 saturated heterocycles. The van der Waals surface area contributed by atoms with Gasteiger partial charge in [0.15, 0.2) is 5.78 Å². The monoisotopic (exact) mass is 237 g/mol. The summed E-state index contributed by atoms with van der Waals surface area (Å²) in [5, 5.41) is 0. The molecule has 1 aliphatic heterocycles. The summed E-state index contributed by atoms with van der Waals surface area (Å²) in [7, 11) is 0. The summed E-state index contributed by atoms with van der Waals surface area (Å²) in [5.41, 5.74) is 1.20. The van der Waals surface area contributed by atoms with Crippen LogP contribution in [0.4, 0.5) is 5.69 Å². The Morgan fingerprint density at radius 2 is 2.12 bits per heavy atom. The van der Waals surface area contributed by atoms with Crippen molar-refractivity contribution in [3.63, 3.8) is 0 Å². The summed E-state index contributed by atoms with van der Waals surface area (Å²) in [4.78, 5) is 13.9. The van der Waals surface area contributed by atoms with Gasteiger partial charge in [-0.25, -0.2) is 0 Å². The lowest BCUT2D eigenvalue weighted by Gasteiger charge is -2.33. The van der Waals surface area contributed by atoms with Gasteiger partial charge in [0.1, 0.15) is 0 Å². The van der Waals surface area contributed by atoms with Gasteiger partial charge in [0.25, 0.3) is 0 Å². The molecular formula is C13H16ClNO. The molecule has 0 N–H and O–H groups in total. The maximum Gasteiger partial charge on any atom is 0.152 e. The molecule has 1 aromatic rings. The Balaban J connectivity index is 2.05. The number of para-hydroxylation sites is 1. The molecule has 0 aliphatic carbocycles. The lowest BCUT2D eigenvalue weighted by atomic mass is 9.94. The van der Waals surface area contributed by atoms with Gasteiger partial charge in [0.05, 0.1) is 5.88 Å². The highest BCUT2D eigenvalue weighted by molar-refractivity contribution is 6.27. The smallest absolute Gasteiger partial charge is 0.152 e. The SMILES string of the molecule is O=C(CCl)C1CCCN(c2ccccc2)C1. The molecule has 2 nitrogen and oxygen atoms in total. The fourth-order valence-corrected chi connectivity index (χ4v) is 2.44. The minimum atomic E-state index is 0.117. The van der Waals surface area contributed by atoms with Crippen molar-refractivity contribution in [2.45, 2.75) is 12.8 Å². The Hall–Kier alpha value is -1.02. The van der Waals surface area contributed by atoms with E-state index in [1.54, 1.807) is 0 Å². The van der Waals surface area contributed by atoms with Crippen LogP contribution in [-0.4, -0.2) is 24.8 Å². The molecule has 0 amide bonds. The summed E-state index contributed by atoms with van der Waals surface area (Å²) >= 11 is 5.61. The molecule has 0 bridgehead atoms. The highest BCUT2D eigenvalue weighted by Gasteiger charge is 2.24. The number of rotatable bonds is 3. The molecule has 86 valence electrons. The van der Waals surface area contributed by atoms with E-state index in [0.717, 1.165) is 25.9 Å². The predicted octanol–water partition coefficient (Wildman–Crippen LogP) is 2.71. The predicted molar refractivity (Wildman–Crippen MR) is 67.1 cm³/mol. The Morgan fingerprint density at radius 3 is 2.81 bits per heavy atom. The van der Waals surface area contributed by atoms with Gasteiger partial charge in [-0.15, -0.1) is 11.6 Å². The van der Waals surface area contributed by atoms with Crippen molar-refractivity contribution in [3.05, 3.63) is 30.3 Å². The molecule has 0 aromatic heterocycles. The Kier molecular flexibility index (Phi) is 3.83. The second kappa shape index (κ2) is 5.35. The summed E-state index contributed by atoms with van der Waals surface area (Å²) in [6.07, 6.45) is 2.05. The number of hydrogen-bond acceptors (Lipinski definition) is 2. The largest absolute Gasteiger partial charge is 0.371 e. The maximum atomic E-state index is 11.6. The van der Waals surface area contributed by atoms with Crippen molar-refractivity contribution in [1.82, 2.24) is 0 Å². The number of nitrogens with zero attached hydrogens (tertiary/aromatic N) is 1. The van der Waals surface area contributed by atoms with Gasteiger partial charge in [-0.05, 0) is 25.0 Å². The fourth-order valence-electron chi connectivity index (χ4n) is 2.22. The molecule has 1 fully saturated rings. The van der Waals surface area contributed by atoms with E-state index in [9.17, 15) is 4.79 Å². The lowest BCUT2D eigenvalue weighted by Crippen LogP contribution is -2.39. The molecule has 1 heterocycles. The van der Waals surface area contributed by atoms with E-state index in [1.807, 2.05) is 18.2 Å². The fraction of sp³-hybridized carbons (Fsp3) is 0.462. The molecule has 2 rings (SSSR count). The van der Waals surface area contributed by atoms with Gasteiger partial charge in [-0.2, -0.15) is 0 Å². The molecule has 0 spiro atoms. The number of alkyl halides is 1. The molecule has 0 radical (unpaired) electrons. The van der Waals surface area contributed by atoms with Gasteiger partial charge >= 0.3 is 0 Å². The maximum absolute atomic E-state index is 11.6. The van der Waals surface area contributed by atoms with Crippen LogP contribution in [0.1, 0.15) is 12.8 Å². The van der Waals surface area contributed by atoms with Crippen LogP contribution in [0.15, 0.2) is 30.3 Å². The van der Waals surface area contributed by atoms with E-state index in [4.69, 9.17) is 11.6 Å². The topological polar surface area (TPSA) is 20.3 Å². The number of carbonyl (C=O) groups is 1. The van der Waals surface area contributed by atoms with Crippen LogP contribution < -0.4 is 4.90 Å². The van der Waals surface area contributed by atoms with Crippen LogP contribution in [0.3, 0.4) is 0 Å². The van der Waals surface area contributed by atoms with Crippen molar-refractivity contribution in [3.8, 4) is 0 Å². The van der Waals surface area contributed by atoms with Crippen molar-refractivity contribution >= 4 is 23.1 Å². The zero-order valence-electron chi connectivity index (χ0n) is 9.23. The normalized spacial score (nSPS) is 20.8. The van der Waals surface area contributed by atoms with E-state index in [0.29, 0.717) is 0 Å². The van der Waals surface area contributed by atoms with Gasteiger partial charge < -0.3 is 4.90 Å². The third-order valence-corrected chi connectivity index (χ3v) is 3.39. The molecule has 1 atom stereocenters. The highest BCUT2D eigenvalue weighted by Crippen LogP contribution is 2.23. The number of carbonyl (C=O) groups excluding carboxylic acids is 1. The second-order valence-electron chi connectivity index (χ2n) is 4.22. The van der Waals surface area contributed by atoms with Gasteiger partial charge in [-0.1, -0.05) is 18.2 Å². The minimum Gasteiger partial charge on any atom is -0.371 e. The molecule has 3 heteroatoms. The van der Waals surface area contributed by atoms with Crippen LogP contribution in [0.2, 0.25) is 0 Å². The van der Waals surface area contributed by atoms with Crippen LogP contribution in [0.25, 0.3) is 0 Å². The van der Waals surface area contributed by atoms with Gasteiger partial charge in [-0.3, -0.25) is 4.79 Å². The molecule has 0 saturated carbocycles. The van der Waals surface area contributed by atoms with Crippen LogP contribution in [-0.2, 0) is 4.79 Å². The van der Waals surface area contributed by atoms with Crippen LogP contribution in [0.5, 0.6) is 0 Å². The summed E-state index contributed by atoms with van der Waals surface area (Å²) in [6.45, 7) is 1.85. The standard InChI is InChI=1S/C13H16ClNO/c14-9-13(16)11-5-4-8-15(10-11)12-6-2-1-3-7-12/h1-3,6-7,11H,4-5,8-10H2. The minimum absolute atomic E-state index is 0.117. The van der Waals surface area contributed by atoms with Crippen molar-refractivity contribution in [1.29, 1.82) is 0 Å². The third kappa shape index (κ3) is 2.56. The Morgan fingerprint density at radius 1 is 1.38 bits per heavy atom. The van der Waals surface area contributed by atoms with Gasteiger partial charge in [0, 0.05) is 24.7 Å². The molecule has 1 aliphatic rings. The van der Waals surface area contributed by atoms with E-state index in [1.165, 1.54) is 5.69 Å². The number of piperidine rings is 1. The first-order chi connectivity index (χ1) is 7.81. The zero-order valence-corrected chi connectivity index (χ0v) is 9.99. The number of ketones is 1. The van der Waals surface area contributed by atoms with Crippen molar-refractivity contribution in [2.24, 2.45) is 5.92 Å². The number of anilines is 1. The molecule has 16 heavy (non-hydrogen) atoms. The Bertz CT molecular complexity index is 352. The number of Topliss-reactive ketones (excluding diaryl/α,β-unsaturated/α-hetero) is 1. The molecular weight excluding hydrogens is 222 g/mol. The van der Waals surface area contributed by atoms with Crippen LogP contribution in [0, 0.1) is 5.92 Å². The number of benzene rings is 1. The van der Waals surface area contributed by atoms with E-state index >= 15 is 0 Å². The van der Waals surface area contributed by atoms with E-state index in [-0.39, 0.29) is 17.6 Å². The number of halogens is 1. The quantitative estimate of drug-likeness (QED) is 0.754. The molecule has 1 aromatic carbocycles. The van der Waals surface area contributed by atoms with E-state index < -0.39 is 0 Å². The van der Waals surface area contributed by atoms with E-state index in [2.05, 4.69) is 17.0 Å². The van der Waals surface area contributed by atoms with Crippen molar-refractivity contribution < 1.29 is 4.79 Å².